The highest BCUT2D eigenvalue weighted by molar-refractivity contribution is 6.30. The lowest BCUT2D eigenvalue weighted by atomic mass is 10.0. The van der Waals surface area contributed by atoms with Gasteiger partial charge in [0.25, 0.3) is 0 Å². The minimum Gasteiger partial charge on any atom is -0.244 e. The second-order valence-corrected chi connectivity index (χ2v) is 3.33. The van der Waals surface area contributed by atoms with E-state index in [2.05, 4.69) is 18.8 Å². The van der Waals surface area contributed by atoms with Crippen LogP contribution in [0, 0.1) is 6.92 Å². The van der Waals surface area contributed by atoms with Gasteiger partial charge in [-0.25, -0.2) is 4.98 Å². The molecule has 1 aromatic heterocycles. The van der Waals surface area contributed by atoms with E-state index in [0.29, 0.717) is 11.1 Å². The molecule has 0 saturated heterocycles. The highest BCUT2D eigenvalue weighted by Crippen LogP contribution is 2.22. The van der Waals surface area contributed by atoms with Gasteiger partial charge in [-0.3, -0.25) is 0 Å². The summed E-state index contributed by atoms with van der Waals surface area (Å²) in [5.41, 5.74) is 2.38. The number of aromatic nitrogens is 1. The van der Waals surface area contributed by atoms with Gasteiger partial charge in [0.15, 0.2) is 0 Å². The van der Waals surface area contributed by atoms with Crippen LogP contribution < -0.4 is 0 Å². The number of nitrogens with zero attached hydrogens (tertiary/aromatic N) is 1. The zero-order valence-corrected chi connectivity index (χ0v) is 7.81. The summed E-state index contributed by atoms with van der Waals surface area (Å²) in [6.45, 7) is 6.31. The molecule has 0 aliphatic carbocycles. The fourth-order valence-corrected chi connectivity index (χ4v) is 1.31. The van der Waals surface area contributed by atoms with E-state index in [1.807, 2.05) is 13.0 Å². The molecule has 0 aliphatic rings. The third-order valence-corrected chi connectivity index (χ3v) is 2.19. The Balaban J connectivity index is 3.17. The SMILES string of the molecule is Cc1c(C(C)C)ccnc1Cl. The van der Waals surface area contributed by atoms with Gasteiger partial charge in [0.1, 0.15) is 5.15 Å². The predicted molar refractivity (Wildman–Crippen MR) is 48.1 cm³/mol. The average Bonchev–Trinajstić information content (AvgIpc) is 1.94. The molecule has 0 saturated carbocycles. The van der Waals surface area contributed by atoms with Gasteiger partial charge in [-0.15, -0.1) is 0 Å². The van der Waals surface area contributed by atoms with Crippen molar-refractivity contribution in [3.8, 4) is 0 Å². The summed E-state index contributed by atoms with van der Waals surface area (Å²) in [6.07, 6.45) is 1.75. The molecular formula is C9H12ClN. The molecule has 0 amide bonds. The summed E-state index contributed by atoms with van der Waals surface area (Å²) in [5.74, 6) is 0.524. The lowest BCUT2D eigenvalue weighted by molar-refractivity contribution is 0.852. The van der Waals surface area contributed by atoms with Crippen LogP contribution in [0.1, 0.15) is 30.9 Å². The highest BCUT2D eigenvalue weighted by Gasteiger charge is 2.05. The van der Waals surface area contributed by atoms with Gasteiger partial charge in [0.2, 0.25) is 0 Å². The van der Waals surface area contributed by atoms with Gasteiger partial charge in [0.05, 0.1) is 0 Å². The fourth-order valence-electron chi connectivity index (χ4n) is 1.15. The molecule has 0 unspecified atom stereocenters. The molecule has 0 aromatic carbocycles. The Morgan fingerprint density at radius 1 is 1.45 bits per heavy atom. The molecule has 0 fully saturated rings. The Hall–Kier alpha value is -0.560. The molecule has 0 atom stereocenters. The maximum atomic E-state index is 5.85. The first-order valence-corrected chi connectivity index (χ1v) is 4.11. The van der Waals surface area contributed by atoms with Crippen LogP contribution in [0.2, 0.25) is 5.15 Å². The largest absolute Gasteiger partial charge is 0.244 e. The normalized spacial score (nSPS) is 10.6. The van der Waals surface area contributed by atoms with Crippen molar-refractivity contribution in [3.63, 3.8) is 0 Å². The number of hydrogen-bond donors (Lipinski definition) is 0. The van der Waals surface area contributed by atoms with Crippen molar-refractivity contribution < 1.29 is 0 Å². The zero-order chi connectivity index (χ0) is 8.43. The van der Waals surface area contributed by atoms with Crippen LogP contribution in [0.5, 0.6) is 0 Å². The lowest BCUT2D eigenvalue weighted by Gasteiger charge is -2.08. The van der Waals surface area contributed by atoms with Gasteiger partial charge >= 0.3 is 0 Å². The molecule has 0 bridgehead atoms. The lowest BCUT2D eigenvalue weighted by Crippen LogP contribution is -1.93. The predicted octanol–water partition coefficient (Wildman–Crippen LogP) is 3.17. The second kappa shape index (κ2) is 3.22. The molecule has 0 spiro atoms. The quantitative estimate of drug-likeness (QED) is 0.589. The van der Waals surface area contributed by atoms with Crippen molar-refractivity contribution in [2.24, 2.45) is 0 Å². The topological polar surface area (TPSA) is 12.9 Å². The summed E-state index contributed by atoms with van der Waals surface area (Å²) in [5, 5.41) is 0.621. The first-order chi connectivity index (χ1) is 5.13. The summed E-state index contributed by atoms with van der Waals surface area (Å²) in [6, 6.07) is 2.02. The van der Waals surface area contributed by atoms with Crippen LogP contribution in [0.15, 0.2) is 12.3 Å². The summed E-state index contributed by atoms with van der Waals surface area (Å²) in [7, 11) is 0. The van der Waals surface area contributed by atoms with Crippen LogP contribution >= 0.6 is 11.6 Å². The molecule has 11 heavy (non-hydrogen) atoms. The van der Waals surface area contributed by atoms with E-state index >= 15 is 0 Å². The molecule has 1 heterocycles. The first-order valence-electron chi connectivity index (χ1n) is 3.74. The molecule has 1 nitrogen and oxygen atoms in total. The van der Waals surface area contributed by atoms with Crippen molar-refractivity contribution in [2.45, 2.75) is 26.7 Å². The van der Waals surface area contributed by atoms with Crippen molar-refractivity contribution in [1.29, 1.82) is 0 Å². The molecule has 1 aromatic rings. The maximum absolute atomic E-state index is 5.85. The highest BCUT2D eigenvalue weighted by atomic mass is 35.5. The molecular weight excluding hydrogens is 158 g/mol. The van der Waals surface area contributed by atoms with Gasteiger partial charge < -0.3 is 0 Å². The third-order valence-electron chi connectivity index (χ3n) is 1.81. The van der Waals surface area contributed by atoms with Crippen molar-refractivity contribution in [3.05, 3.63) is 28.5 Å². The zero-order valence-electron chi connectivity index (χ0n) is 7.06. The summed E-state index contributed by atoms with van der Waals surface area (Å²) >= 11 is 5.85. The standard InChI is InChI=1S/C9H12ClN/c1-6(2)8-4-5-11-9(10)7(8)3/h4-6H,1-3H3. The van der Waals surface area contributed by atoms with Gasteiger partial charge in [-0.1, -0.05) is 25.4 Å². The molecule has 2 heteroatoms. The molecule has 1 rings (SSSR count). The second-order valence-electron chi connectivity index (χ2n) is 2.97. The van der Waals surface area contributed by atoms with Crippen LogP contribution in [0.3, 0.4) is 0 Å². The Bertz CT molecular complexity index is 256. The molecule has 0 aliphatic heterocycles. The van der Waals surface area contributed by atoms with E-state index in [1.165, 1.54) is 5.56 Å². The Morgan fingerprint density at radius 2 is 2.09 bits per heavy atom. The van der Waals surface area contributed by atoms with E-state index in [9.17, 15) is 0 Å². The minimum absolute atomic E-state index is 0.524. The molecule has 60 valence electrons. The van der Waals surface area contributed by atoms with Crippen LogP contribution in [0.4, 0.5) is 0 Å². The monoisotopic (exact) mass is 169 g/mol. The maximum Gasteiger partial charge on any atom is 0.132 e. The fraction of sp³-hybridized carbons (Fsp3) is 0.444. The molecule has 0 N–H and O–H groups in total. The van der Waals surface area contributed by atoms with E-state index in [0.717, 1.165) is 5.56 Å². The molecule has 0 radical (unpaired) electrons. The van der Waals surface area contributed by atoms with Crippen LogP contribution in [0.25, 0.3) is 0 Å². The Labute approximate surface area is 72.4 Å². The summed E-state index contributed by atoms with van der Waals surface area (Å²) in [4.78, 5) is 3.99. The first kappa shape index (κ1) is 8.54. The van der Waals surface area contributed by atoms with Gasteiger partial charge in [-0.2, -0.15) is 0 Å². The number of hydrogen-bond acceptors (Lipinski definition) is 1. The van der Waals surface area contributed by atoms with Gasteiger partial charge in [0, 0.05) is 6.20 Å². The van der Waals surface area contributed by atoms with Crippen LogP contribution in [-0.4, -0.2) is 4.98 Å². The van der Waals surface area contributed by atoms with E-state index in [1.54, 1.807) is 6.20 Å². The van der Waals surface area contributed by atoms with E-state index in [-0.39, 0.29) is 0 Å². The Morgan fingerprint density at radius 3 is 2.55 bits per heavy atom. The average molecular weight is 170 g/mol. The van der Waals surface area contributed by atoms with E-state index < -0.39 is 0 Å². The van der Waals surface area contributed by atoms with E-state index in [4.69, 9.17) is 11.6 Å². The smallest absolute Gasteiger partial charge is 0.132 e. The number of pyridine rings is 1. The van der Waals surface area contributed by atoms with Crippen molar-refractivity contribution >= 4 is 11.6 Å². The third kappa shape index (κ3) is 1.72. The van der Waals surface area contributed by atoms with Crippen LogP contribution in [-0.2, 0) is 0 Å². The Kier molecular flexibility index (Phi) is 2.50. The number of halogens is 1. The van der Waals surface area contributed by atoms with Crippen molar-refractivity contribution in [2.75, 3.05) is 0 Å². The van der Waals surface area contributed by atoms with Gasteiger partial charge in [-0.05, 0) is 30.0 Å². The number of rotatable bonds is 1. The minimum atomic E-state index is 0.524. The summed E-state index contributed by atoms with van der Waals surface area (Å²) < 4.78 is 0. The van der Waals surface area contributed by atoms with Crippen molar-refractivity contribution in [1.82, 2.24) is 4.98 Å².